The molecule has 0 saturated carbocycles. The Morgan fingerprint density at radius 1 is 1.00 bits per heavy atom. The van der Waals surface area contributed by atoms with E-state index in [1.807, 2.05) is 30.3 Å². The molecule has 0 atom stereocenters. The Morgan fingerprint density at radius 2 is 1.83 bits per heavy atom. The van der Waals surface area contributed by atoms with Gasteiger partial charge in [0.05, 0.1) is 0 Å². The van der Waals surface area contributed by atoms with Gasteiger partial charge in [0.1, 0.15) is 0 Å². The second-order valence-electron chi connectivity index (χ2n) is 2.53. The van der Waals surface area contributed by atoms with E-state index in [0.29, 0.717) is 5.56 Å². The summed E-state index contributed by atoms with van der Waals surface area (Å²) in [6, 6.07) is 11.1. The summed E-state index contributed by atoms with van der Waals surface area (Å²) < 4.78 is 0. The van der Waals surface area contributed by atoms with Crippen LogP contribution in [0, 0.1) is 0 Å². The molecular weight excluding hydrogens is 150 g/mol. The van der Waals surface area contributed by atoms with Crippen molar-refractivity contribution in [3.05, 3.63) is 52.9 Å². The lowest BCUT2D eigenvalue weighted by Crippen LogP contribution is -2.06. The molecule has 0 aromatic heterocycles. The lowest BCUT2D eigenvalue weighted by Gasteiger charge is -1.94. The Kier molecular flexibility index (Phi) is 1.59. The maximum atomic E-state index is 11.2. The van der Waals surface area contributed by atoms with Crippen molar-refractivity contribution in [2.24, 2.45) is 0 Å². The Bertz CT molecular complexity index is 425. The third-order valence-electron chi connectivity index (χ3n) is 1.75. The molecule has 2 rings (SSSR count). The molecular formula is C10H7NO. The quantitative estimate of drug-likeness (QED) is 0.580. The van der Waals surface area contributed by atoms with Gasteiger partial charge in [-0.1, -0.05) is 24.3 Å². The van der Waals surface area contributed by atoms with E-state index in [9.17, 15) is 4.79 Å². The molecule has 2 nitrogen and oxygen atoms in total. The standard InChI is InChI=1S/C10H7NO/c12-10-9-5-3-1-2-4-8(9)6-7-11-10/h1-7H. The van der Waals surface area contributed by atoms with Gasteiger partial charge in [0.25, 0.3) is 5.56 Å². The number of fused-ring (bicyclic) bond motifs is 1. The fourth-order valence-electron chi connectivity index (χ4n) is 1.16. The van der Waals surface area contributed by atoms with Crippen LogP contribution in [0.25, 0.3) is 11.1 Å². The van der Waals surface area contributed by atoms with Gasteiger partial charge in [-0.25, -0.2) is 4.98 Å². The van der Waals surface area contributed by atoms with Crippen LogP contribution in [-0.2, 0) is 0 Å². The van der Waals surface area contributed by atoms with Gasteiger partial charge in [0, 0.05) is 11.8 Å². The summed E-state index contributed by atoms with van der Waals surface area (Å²) in [6.45, 7) is 0. The lowest BCUT2D eigenvalue weighted by molar-refractivity contribution is 1.24. The predicted octanol–water partition coefficient (Wildman–Crippen LogP) is 1.55. The molecule has 0 aromatic rings. The average molecular weight is 157 g/mol. The molecule has 0 fully saturated rings. The molecule has 0 aromatic carbocycles. The van der Waals surface area contributed by atoms with Gasteiger partial charge < -0.3 is 0 Å². The molecule has 12 heavy (non-hydrogen) atoms. The third kappa shape index (κ3) is 1.07. The minimum atomic E-state index is -0.163. The fourth-order valence-corrected chi connectivity index (χ4v) is 1.16. The van der Waals surface area contributed by atoms with Crippen molar-refractivity contribution in [3.8, 4) is 11.1 Å². The van der Waals surface area contributed by atoms with E-state index in [0.717, 1.165) is 5.56 Å². The van der Waals surface area contributed by atoms with E-state index in [4.69, 9.17) is 0 Å². The predicted molar refractivity (Wildman–Crippen MR) is 47.1 cm³/mol. The summed E-state index contributed by atoms with van der Waals surface area (Å²) in [7, 11) is 0. The second kappa shape index (κ2) is 2.74. The van der Waals surface area contributed by atoms with Crippen molar-refractivity contribution in [1.82, 2.24) is 4.98 Å². The van der Waals surface area contributed by atoms with Crippen LogP contribution in [0.2, 0.25) is 0 Å². The first kappa shape index (κ1) is 6.98. The molecule has 0 radical (unpaired) electrons. The smallest absolute Gasteiger partial charge is 0.267 e. The number of nitrogens with zero attached hydrogens (tertiary/aromatic N) is 1. The van der Waals surface area contributed by atoms with E-state index in [1.165, 1.54) is 6.20 Å². The maximum Gasteiger partial charge on any atom is 0.277 e. The molecule has 58 valence electrons. The molecule has 0 amide bonds. The minimum absolute atomic E-state index is 0.163. The zero-order valence-electron chi connectivity index (χ0n) is 6.40. The number of pyridine rings is 1. The van der Waals surface area contributed by atoms with Crippen molar-refractivity contribution in [2.45, 2.75) is 0 Å². The highest BCUT2D eigenvalue weighted by atomic mass is 16.1. The molecule has 0 saturated heterocycles. The lowest BCUT2D eigenvalue weighted by atomic mass is 10.1. The topological polar surface area (TPSA) is 30.0 Å². The van der Waals surface area contributed by atoms with Gasteiger partial charge in [-0.15, -0.1) is 0 Å². The SMILES string of the molecule is O=c1nccc2cccccc1-2. The van der Waals surface area contributed by atoms with Crippen LogP contribution in [0.1, 0.15) is 0 Å². The Hall–Kier alpha value is -1.70. The zero-order chi connectivity index (χ0) is 8.39. The van der Waals surface area contributed by atoms with Crippen LogP contribution in [0.3, 0.4) is 0 Å². The number of hydrogen-bond donors (Lipinski definition) is 0. The molecule has 1 aliphatic carbocycles. The molecule has 0 spiro atoms. The van der Waals surface area contributed by atoms with Crippen molar-refractivity contribution in [3.63, 3.8) is 0 Å². The maximum absolute atomic E-state index is 11.2. The van der Waals surface area contributed by atoms with Gasteiger partial charge in [-0.2, -0.15) is 0 Å². The van der Waals surface area contributed by atoms with E-state index in [-0.39, 0.29) is 5.56 Å². The van der Waals surface area contributed by atoms with Gasteiger partial charge >= 0.3 is 0 Å². The summed E-state index contributed by atoms with van der Waals surface area (Å²) in [5, 5.41) is 0. The highest BCUT2D eigenvalue weighted by Crippen LogP contribution is 2.12. The number of aromatic nitrogens is 1. The first-order valence-electron chi connectivity index (χ1n) is 3.72. The molecule has 0 unspecified atom stereocenters. The van der Waals surface area contributed by atoms with Crippen molar-refractivity contribution >= 4 is 0 Å². The third-order valence-corrected chi connectivity index (χ3v) is 1.75. The largest absolute Gasteiger partial charge is 0.277 e. The van der Waals surface area contributed by atoms with Crippen LogP contribution < -0.4 is 5.56 Å². The first-order chi connectivity index (χ1) is 5.88. The van der Waals surface area contributed by atoms with E-state index in [1.54, 1.807) is 6.07 Å². The van der Waals surface area contributed by atoms with Gasteiger partial charge in [0.15, 0.2) is 0 Å². The van der Waals surface area contributed by atoms with Crippen LogP contribution in [0.4, 0.5) is 0 Å². The Morgan fingerprint density at radius 3 is 2.75 bits per heavy atom. The van der Waals surface area contributed by atoms with Crippen LogP contribution in [0.15, 0.2) is 47.4 Å². The van der Waals surface area contributed by atoms with E-state index >= 15 is 0 Å². The van der Waals surface area contributed by atoms with Crippen LogP contribution in [0.5, 0.6) is 0 Å². The summed E-state index contributed by atoms with van der Waals surface area (Å²) in [6.07, 6.45) is 1.53. The monoisotopic (exact) mass is 157 g/mol. The number of hydrogen-bond acceptors (Lipinski definition) is 2. The molecule has 2 heteroatoms. The van der Waals surface area contributed by atoms with Crippen LogP contribution >= 0.6 is 0 Å². The van der Waals surface area contributed by atoms with Gasteiger partial charge in [-0.3, -0.25) is 4.79 Å². The average Bonchev–Trinajstić information content (AvgIpc) is 2.30. The van der Waals surface area contributed by atoms with Crippen molar-refractivity contribution in [2.75, 3.05) is 0 Å². The minimum Gasteiger partial charge on any atom is -0.267 e. The van der Waals surface area contributed by atoms with Gasteiger partial charge in [0.2, 0.25) is 0 Å². The van der Waals surface area contributed by atoms with Crippen molar-refractivity contribution in [1.29, 1.82) is 0 Å². The molecule has 0 bridgehead atoms. The molecule has 2 aliphatic rings. The summed E-state index contributed by atoms with van der Waals surface area (Å²) in [5.41, 5.74) is 1.44. The molecule has 1 aliphatic heterocycles. The van der Waals surface area contributed by atoms with Crippen molar-refractivity contribution < 1.29 is 0 Å². The van der Waals surface area contributed by atoms with E-state index in [2.05, 4.69) is 4.98 Å². The Labute approximate surface area is 69.9 Å². The van der Waals surface area contributed by atoms with Crippen LogP contribution in [-0.4, -0.2) is 4.98 Å². The normalized spacial score (nSPS) is 10.0. The highest BCUT2D eigenvalue weighted by Gasteiger charge is 2.01. The second-order valence-corrected chi connectivity index (χ2v) is 2.53. The Balaban J connectivity index is 2.88. The molecule has 0 N–H and O–H groups in total. The van der Waals surface area contributed by atoms with Gasteiger partial charge in [-0.05, 0) is 17.7 Å². The first-order valence-corrected chi connectivity index (χ1v) is 3.72. The molecule has 1 heterocycles. The summed E-state index contributed by atoms with van der Waals surface area (Å²) in [4.78, 5) is 14.9. The highest BCUT2D eigenvalue weighted by molar-refractivity contribution is 5.61. The number of rotatable bonds is 0. The van der Waals surface area contributed by atoms with E-state index < -0.39 is 0 Å². The summed E-state index contributed by atoms with van der Waals surface area (Å²) in [5.74, 6) is 0. The summed E-state index contributed by atoms with van der Waals surface area (Å²) >= 11 is 0. The zero-order valence-corrected chi connectivity index (χ0v) is 6.40. The fraction of sp³-hybridized carbons (Fsp3) is 0.